The molecule has 1 aromatic rings. The fourth-order valence-corrected chi connectivity index (χ4v) is 4.64. The molecule has 0 amide bonds. The molecule has 2 unspecified atom stereocenters. The van der Waals surface area contributed by atoms with Crippen molar-refractivity contribution >= 4 is 15.7 Å². The lowest BCUT2D eigenvalue weighted by molar-refractivity contribution is -0.387. The Labute approximate surface area is 143 Å². The van der Waals surface area contributed by atoms with Crippen LogP contribution in [-0.4, -0.2) is 44.4 Å². The topological polar surface area (TPSA) is 92.6 Å². The molecule has 0 radical (unpaired) electrons. The molecule has 0 aliphatic carbocycles. The van der Waals surface area contributed by atoms with Gasteiger partial charge in [-0.25, -0.2) is 13.1 Å². The van der Waals surface area contributed by atoms with Crippen molar-refractivity contribution in [1.29, 1.82) is 0 Å². The summed E-state index contributed by atoms with van der Waals surface area (Å²) in [6.45, 7) is 7.66. The first-order valence-corrected chi connectivity index (χ1v) is 9.73. The van der Waals surface area contributed by atoms with Crippen LogP contribution in [0.5, 0.6) is 0 Å². The maximum atomic E-state index is 12.3. The van der Waals surface area contributed by atoms with Gasteiger partial charge in [-0.1, -0.05) is 26.0 Å². The highest BCUT2D eigenvalue weighted by atomic mass is 32.2. The number of rotatable bonds is 7. The molecule has 24 heavy (non-hydrogen) atoms. The summed E-state index contributed by atoms with van der Waals surface area (Å²) in [5.74, 6) is 1.33. The van der Waals surface area contributed by atoms with Crippen molar-refractivity contribution in [3.8, 4) is 0 Å². The van der Waals surface area contributed by atoms with E-state index in [0.717, 1.165) is 19.6 Å². The van der Waals surface area contributed by atoms with Crippen LogP contribution in [-0.2, 0) is 10.0 Å². The molecule has 1 aromatic carbocycles. The molecule has 1 heterocycles. The van der Waals surface area contributed by atoms with Crippen molar-refractivity contribution in [3.63, 3.8) is 0 Å². The van der Waals surface area contributed by atoms with Crippen molar-refractivity contribution < 1.29 is 13.3 Å². The van der Waals surface area contributed by atoms with Crippen LogP contribution < -0.4 is 4.72 Å². The van der Waals surface area contributed by atoms with Crippen LogP contribution in [0.4, 0.5) is 5.69 Å². The van der Waals surface area contributed by atoms with E-state index in [1.165, 1.54) is 30.7 Å². The zero-order valence-electron chi connectivity index (χ0n) is 14.1. The standard InChI is InChI=1S/C16H25N3O4S/c1-13-10-14(2)12-18(11-13)9-5-8-17-24(22,23)16-7-4-3-6-15(16)19(20)21/h3-4,6-7,13-14,17H,5,8-12H2,1-2H3. The number of likely N-dealkylation sites (tertiary alicyclic amines) is 1. The molecule has 0 saturated carbocycles. The van der Waals surface area contributed by atoms with E-state index in [0.29, 0.717) is 18.3 Å². The van der Waals surface area contributed by atoms with E-state index in [4.69, 9.17) is 0 Å². The number of nitro benzene ring substituents is 1. The van der Waals surface area contributed by atoms with Crippen molar-refractivity contribution in [1.82, 2.24) is 9.62 Å². The van der Waals surface area contributed by atoms with E-state index in [1.807, 2.05) is 0 Å². The molecule has 1 aliphatic heterocycles. The first-order chi connectivity index (χ1) is 11.3. The molecule has 2 atom stereocenters. The zero-order valence-corrected chi connectivity index (χ0v) is 15.0. The fourth-order valence-electron chi connectivity index (χ4n) is 3.40. The summed E-state index contributed by atoms with van der Waals surface area (Å²) >= 11 is 0. The average molecular weight is 355 g/mol. The molecule has 0 aromatic heterocycles. The van der Waals surface area contributed by atoms with Crippen molar-refractivity contribution in [3.05, 3.63) is 34.4 Å². The molecule has 1 N–H and O–H groups in total. The van der Waals surface area contributed by atoms with Crippen LogP contribution in [0, 0.1) is 22.0 Å². The smallest absolute Gasteiger partial charge is 0.289 e. The number of hydrogen-bond acceptors (Lipinski definition) is 5. The van der Waals surface area contributed by atoms with Gasteiger partial charge >= 0.3 is 0 Å². The van der Waals surface area contributed by atoms with Gasteiger partial charge in [-0.05, 0) is 37.3 Å². The zero-order chi connectivity index (χ0) is 17.7. The maximum absolute atomic E-state index is 12.3. The van der Waals surface area contributed by atoms with Gasteiger partial charge in [-0.2, -0.15) is 0 Å². The van der Waals surface area contributed by atoms with Gasteiger partial charge in [0.1, 0.15) is 0 Å². The van der Waals surface area contributed by atoms with Crippen LogP contribution in [0.2, 0.25) is 0 Å². The Hall–Kier alpha value is -1.51. The molecule has 1 fully saturated rings. The van der Waals surface area contributed by atoms with Gasteiger partial charge in [-0.3, -0.25) is 10.1 Å². The van der Waals surface area contributed by atoms with Gasteiger partial charge in [0, 0.05) is 25.7 Å². The summed E-state index contributed by atoms with van der Waals surface area (Å²) in [4.78, 5) is 12.4. The Morgan fingerprint density at radius 1 is 1.25 bits per heavy atom. The van der Waals surface area contributed by atoms with E-state index in [1.54, 1.807) is 0 Å². The van der Waals surface area contributed by atoms with Crippen molar-refractivity contribution in [2.75, 3.05) is 26.2 Å². The lowest BCUT2D eigenvalue weighted by Gasteiger charge is -2.34. The van der Waals surface area contributed by atoms with E-state index in [9.17, 15) is 18.5 Å². The highest BCUT2D eigenvalue weighted by Gasteiger charge is 2.25. The number of para-hydroxylation sites is 1. The van der Waals surface area contributed by atoms with E-state index in [-0.39, 0.29) is 11.4 Å². The number of piperidine rings is 1. The second kappa shape index (κ2) is 8.04. The minimum Gasteiger partial charge on any atom is -0.303 e. The predicted molar refractivity (Wildman–Crippen MR) is 92.3 cm³/mol. The van der Waals surface area contributed by atoms with Crippen LogP contribution in [0.15, 0.2) is 29.2 Å². The number of hydrogen-bond donors (Lipinski definition) is 1. The minimum atomic E-state index is -3.87. The molecular weight excluding hydrogens is 330 g/mol. The molecule has 1 aliphatic rings. The first kappa shape index (κ1) is 18.8. The number of sulfonamides is 1. The molecular formula is C16H25N3O4S. The van der Waals surface area contributed by atoms with E-state index >= 15 is 0 Å². The molecule has 7 nitrogen and oxygen atoms in total. The van der Waals surface area contributed by atoms with E-state index < -0.39 is 20.6 Å². The summed E-state index contributed by atoms with van der Waals surface area (Å²) in [7, 11) is -3.87. The van der Waals surface area contributed by atoms with Crippen molar-refractivity contribution in [2.24, 2.45) is 11.8 Å². The fraction of sp³-hybridized carbons (Fsp3) is 0.625. The van der Waals surface area contributed by atoms with Gasteiger partial charge in [0.25, 0.3) is 5.69 Å². The lowest BCUT2D eigenvalue weighted by atomic mass is 9.92. The summed E-state index contributed by atoms with van der Waals surface area (Å²) in [6.07, 6.45) is 1.92. The third kappa shape index (κ3) is 4.99. The lowest BCUT2D eigenvalue weighted by Crippen LogP contribution is -2.40. The Balaban J connectivity index is 1.89. The molecule has 0 spiro atoms. The Kier molecular flexibility index (Phi) is 6.31. The Bertz CT molecular complexity index is 668. The monoisotopic (exact) mass is 355 g/mol. The molecule has 0 bridgehead atoms. The summed E-state index contributed by atoms with van der Waals surface area (Å²) in [5.41, 5.74) is -0.399. The van der Waals surface area contributed by atoms with Gasteiger partial charge in [-0.15, -0.1) is 0 Å². The number of nitrogens with zero attached hydrogens (tertiary/aromatic N) is 2. The molecule has 8 heteroatoms. The van der Waals surface area contributed by atoms with Crippen LogP contribution in [0.3, 0.4) is 0 Å². The molecule has 1 saturated heterocycles. The summed E-state index contributed by atoms with van der Waals surface area (Å²) in [5, 5.41) is 11.0. The van der Waals surface area contributed by atoms with Gasteiger partial charge in [0.05, 0.1) is 4.92 Å². The van der Waals surface area contributed by atoms with Crippen LogP contribution >= 0.6 is 0 Å². The second-order valence-corrected chi connectivity index (χ2v) is 8.42. The average Bonchev–Trinajstić information content (AvgIpc) is 2.50. The third-order valence-electron chi connectivity index (χ3n) is 4.24. The van der Waals surface area contributed by atoms with Crippen molar-refractivity contribution in [2.45, 2.75) is 31.6 Å². The van der Waals surface area contributed by atoms with Gasteiger partial charge in [0.15, 0.2) is 4.90 Å². The molecule has 2 rings (SSSR count). The number of nitrogens with one attached hydrogen (secondary N) is 1. The minimum absolute atomic E-state index is 0.271. The Morgan fingerprint density at radius 3 is 2.50 bits per heavy atom. The van der Waals surface area contributed by atoms with Crippen LogP contribution in [0.25, 0.3) is 0 Å². The van der Waals surface area contributed by atoms with Crippen LogP contribution in [0.1, 0.15) is 26.7 Å². The second-order valence-electron chi connectivity index (χ2n) is 6.68. The normalized spacial score (nSPS) is 22.4. The summed E-state index contributed by atoms with van der Waals surface area (Å²) < 4.78 is 27.0. The molecule has 134 valence electrons. The predicted octanol–water partition coefficient (Wildman–Crippen LogP) is 2.24. The SMILES string of the molecule is CC1CC(C)CN(CCCNS(=O)(=O)c2ccccc2[N+](=O)[O-])C1. The third-order valence-corrected chi connectivity index (χ3v) is 5.75. The number of nitro groups is 1. The van der Waals surface area contributed by atoms with Gasteiger partial charge < -0.3 is 4.90 Å². The highest BCUT2D eigenvalue weighted by Crippen LogP contribution is 2.23. The quantitative estimate of drug-likeness (QED) is 0.460. The van der Waals surface area contributed by atoms with E-state index in [2.05, 4.69) is 23.5 Å². The Morgan fingerprint density at radius 2 is 1.88 bits per heavy atom. The number of benzene rings is 1. The first-order valence-electron chi connectivity index (χ1n) is 8.25. The van der Waals surface area contributed by atoms with Gasteiger partial charge in [0.2, 0.25) is 10.0 Å². The summed E-state index contributed by atoms with van der Waals surface area (Å²) in [6, 6.07) is 5.40. The largest absolute Gasteiger partial charge is 0.303 e. The highest BCUT2D eigenvalue weighted by molar-refractivity contribution is 7.89. The maximum Gasteiger partial charge on any atom is 0.289 e.